The van der Waals surface area contributed by atoms with Gasteiger partial charge in [0.1, 0.15) is 6.04 Å². The fourth-order valence-electron chi connectivity index (χ4n) is 4.64. The Labute approximate surface area is 225 Å². The summed E-state index contributed by atoms with van der Waals surface area (Å²) in [5.41, 5.74) is 18.8. The zero-order valence-electron chi connectivity index (χ0n) is 21.1. The molecule has 11 heteroatoms. The second-order valence-corrected chi connectivity index (χ2v) is 10.4. The lowest BCUT2D eigenvalue weighted by molar-refractivity contribution is -0.139. The van der Waals surface area contributed by atoms with Crippen LogP contribution in [0.15, 0.2) is 59.6 Å². The van der Waals surface area contributed by atoms with Gasteiger partial charge in [-0.25, -0.2) is 4.98 Å². The van der Waals surface area contributed by atoms with E-state index in [1.165, 1.54) is 11.3 Å². The summed E-state index contributed by atoms with van der Waals surface area (Å²) in [6.45, 7) is 0.768. The van der Waals surface area contributed by atoms with Crippen LogP contribution < -0.4 is 22.5 Å². The number of ketones is 1. The van der Waals surface area contributed by atoms with Crippen LogP contribution in [0.4, 0.5) is 0 Å². The maximum atomic E-state index is 13.5. The largest absolute Gasteiger partial charge is 0.370 e. The fraction of sp³-hybridized carbons (Fsp3) is 0.370. The molecule has 1 aliphatic rings. The molecule has 0 unspecified atom stereocenters. The number of aliphatic imine (C=N–C) groups is 1. The van der Waals surface area contributed by atoms with E-state index < -0.39 is 18.1 Å². The summed E-state index contributed by atoms with van der Waals surface area (Å²) < 4.78 is 0.890. The van der Waals surface area contributed by atoms with Crippen LogP contribution in [0.2, 0.25) is 0 Å². The molecule has 38 heavy (non-hydrogen) atoms. The number of Topliss-reactive ketones (excluding diaryl/α,β-unsaturated/α-hetero) is 1. The molecule has 200 valence electrons. The van der Waals surface area contributed by atoms with Crippen molar-refractivity contribution in [1.29, 1.82) is 0 Å². The average molecular weight is 536 g/mol. The summed E-state index contributed by atoms with van der Waals surface area (Å²) in [4.78, 5) is 50.1. The van der Waals surface area contributed by atoms with Gasteiger partial charge in [0.05, 0.1) is 22.3 Å². The smallest absolute Gasteiger partial charge is 0.243 e. The van der Waals surface area contributed by atoms with Crippen LogP contribution in [0.1, 0.15) is 41.0 Å². The molecule has 0 saturated carbocycles. The Bertz CT molecular complexity index is 1270. The van der Waals surface area contributed by atoms with Gasteiger partial charge in [-0.3, -0.25) is 19.4 Å². The van der Waals surface area contributed by atoms with Crippen LogP contribution in [0.5, 0.6) is 0 Å². The van der Waals surface area contributed by atoms with Crippen LogP contribution in [0.25, 0.3) is 10.2 Å². The second-order valence-electron chi connectivity index (χ2n) is 9.35. The molecule has 0 aliphatic carbocycles. The van der Waals surface area contributed by atoms with Crippen molar-refractivity contribution in [3.8, 4) is 0 Å². The van der Waals surface area contributed by atoms with Crippen molar-refractivity contribution in [3.63, 3.8) is 0 Å². The SMILES string of the molecule is NC(N)=NCCC[C@@H](NC(=O)[C@@H]1CCCN1C(=O)[C@H](N)Cc1ccccc1)C(=O)c1nc2ccccc2s1. The Morgan fingerprint density at radius 2 is 1.84 bits per heavy atom. The van der Waals surface area contributed by atoms with E-state index in [0.29, 0.717) is 50.2 Å². The number of aromatic nitrogens is 1. The molecule has 2 amide bonds. The molecule has 1 fully saturated rings. The number of nitrogens with two attached hydrogens (primary N) is 3. The van der Waals surface area contributed by atoms with Crippen molar-refractivity contribution in [3.05, 3.63) is 65.2 Å². The average Bonchev–Trinajstić information content (AvgIpc) is 3.57. The number of carbonyl (C=O) groups excluding carboxylic acids is 3. The number of carbonyl (C=O) groups is 3. The second kappa shape index (κ2) is 12.6. The minimum absolute atomic E-state index is 0.0324. The molecule has 1 aromatic heterocycles. The Balaban J connectivity index is 1.46. The summed E-state index contributed by atoms with van der Waals surface area (Å²) in [7, 11) is 0. The number of rotatable bonds is 11. The lowest BCUT2D eigenvalue weighted by Gasteiger charge is -2.28. The van der Waals surface area contributed by atoms with Gasteiger partial charge in [0.25, 0.3) is 0 Å². The minimum atomic E-state index is -0.826. The van der Waals surface area contributed by atoms with E-state index in [1.54, 1.807) is 4.90 Å². The molecule has 4 rings (SSSR count). The summed E-state index contributed by atoms with van der Waals surface area (Å²) in [6, 6.07) is 14.8. The van der Waals surface area contributed by atoms with E-state index in [0.717, 1.165) is 15.8 Å². The quantitative estimate of drug-likeness (QED) is 0.125. The minimum Gasteiger partial charge on any atom is -0.370 e. The molecule has 10 nitrogen and oxygen atoms in total. The summed E-state index contributed by atoms with van der Waals surface area (Å²) in [6.07, 6.45) is 2.38. The number of benzene rings is 2. The molecular weight excluding hydrogens is 502 g/mol. The normalized spacial score (nSPS) is 16.7. The number of amides is 2. The van der Waals surface area contributed by atoms with E-state index in [2.05, 4.69) is 15.3 Å². The lowest BCUT2D eigenvalue weighted by Crippen LogP contribution is -2.54. The van der Waals surface area contributed by atoms with Gasteiger partial charge < -0.3 is 27.4 Å². The Morgan fingerprint density at radius 1 is 1.11 bits per heavy atom. The summed E-state index contributed by atoms with van der Waals surface area (Å²) in [5.74, 6) is -0.951. The highest BCUT2D eigenvalue weighted by Crippen LogP contribution is 2.24. The van der Waals surface area contributed by atoms with E-state index in [1.807, 2.05) is 54.6 Å². The highest BCUT2D eigenvalue weighted by molar-refractivity contribution is 7.20. The number of para-hydroxylation sites is 1. The van der Waals surface area contributed by atoms with Crippen LogP contribution in [0.3, 0.4) is 0 Å². The topological polar surface area (TPSA) is 170 Å². The maximum absolute atomic E-state index is 13.5. The number of nitrogens with one attached hydrogen (secondary N) is 1. The molecule has 3 atom stereocenters. The number of guanidine groups is 1. The first-order valence-electron chi connectivity index (χ1n) is 12.7. The monoisotopic (exact) mass is 535 g/mol. The van der Waals surface area contributed by atoms with Crippen LogP contribution in [-0.2, 0) is 16.0 Å². The number of fused-ring (bicyclic) bond motifs is 1. The highest BCUT2D eigenvalue weighted by Gasteiger charge is 2.37. The van der Waals surface area contributed by atoms with E-state index in [9.17, 15) is 14.4 Å². The predicted octanol–water partition coefficient (Wildman–Crippen LogP) is 1.58. The Kier molecular flexibility index (Phi) is 9.03. The third-order valence-electron chi connectivity index (χ3n) is 6.54. The standard InChI is InChI=1S/C27H33N7O3S/c28-18(16-17-8-2-1-3-9-17)26(37)34-15-7-12-21(34)24(36)32-20(11-6-14-31-27(29)30)23(35)25-33-19-10-4-5-13-22(19)38-25/h1-5,8-10,13,18,20-21H,6-7,11-12,14-16,28H2,(H,32,36)(H4,29,30,31)/t18-,20-,21+/m1/s1. The van der Waals surface area contributed by atoms with Gasteiger partial charge in [0.15, 0.2) is 11.0 Å². The molecule has 7 N–H and O–H groups in total. The fourth-order valence-corrected chi connectivity index (χ4v) is 5.60. The van der Waals surface area contributed by atoms with E-state index in [4.69, 9.17) is 17.2 Å². The molecule has 0 spiro atoms. The summed E-state index contributed by atoms with van der Waals surface area (Å²) >= 11 is 1.29. The van der Waals surface area contributed by atoms with Gasteiger partial charge in [0.2, 0.25) is 17.6 Å². The van der Waals surface area contributed by atoms with Crippen molar-refractivity contribution in [2.45, 2.75) is 50.2 Å². The molecule has 0 bridgehead atoms. The number of likely N-dealkylation sites (tertiary alicyclic amines) is 1. The van der Waals surface area contributed by atoms with Crippen molar-refractivity contribution >= 4 is 45.1 Å². The molecule has 0 radical (unpaired) electrons. The molecule has 3 aromatic rings. The van der Waals surface area contributed by atoms with Gasteiger partial charge in [-0.2, -0.15) is 0 Å². The first kappa shape index (κ1) is 27.2. The van der Waals surface area contributed by atoms with Crippen molar-refractivity contribution in [1.82, 2.24) is 15.2 Å². The zero-order valence-corrected chi connectivity index (χ0v) is 21.9. The number of hydrogen-bond acceptors (Lipinski definition) is 7. The first-order valence-corrected chi connectivity index (χ1v) is 13.5. The number of hydrogen-bond donors (Lipinski definition) is 4. The zero-order chi connectivity index (χ0) is 27.1. The molecule has 1 saturated heterocycles. The van der Waals surface area contributed by atoms with Crippen LogP contribution >= 0.6 is 11.3 Å². The van der Waals surface area contributed by atoms with Crippen molar-refractivity contribution < 1.29 is 14.4 Å². The van der Waals surface area contributed by atoms with Gasteiger partial charge in [-0.1, -0.05) is 42.5 Å². The van der Waals surface area contributed by atoms with Crippen molar-refractivity contribution in [2.75, 3.05) is 13.1 Å². The third-order valence-corrected chi connectivity index (χ3v) is 7.59. The molecule has 1 aliphatic heterocycles. The molecular formula is C27H33N7O3S. The van der Waals surface area contributed by atoms with Gasteiger partial charge in [0, 0.05) is 13.1 Å². The van der Waals surface area contributed by atoms with Gasteiger partial charge >= 0.3 is 0 Å². The van der Waals surface area contributed by atoms with Gasteiger partial charge in [-0.15, -0.1) is 11.3 Å². The maximum Gasteiger partial charge on any atom is 0.243 e. The van der Waals surface area contributed by atoms with E-state index in [-0.39, 0.29) is 23.6 Å². The van der Waals surface area contributed by atoms with Crippen LogP contribution in [0, 0.1) is 0 Å². The number of nitrogens with zero attached hydrogens (tertiary/aromatic N) is 3. The van der Waals surface area contributed by atoms with Gasteiger partial charge in [-0.05, 0) is 49.8 Å². The number of thiazole rings is 1. The van der Waals surface area contributed by atoms with Crippen LogP contribution in [-0.4, -0.2) is 64.7 Å². The Morgan fingerprint density at radius 3 is 2.58 bits per heavy atom. The lowest BCUT2D eigenvalue weighted by atomic mass is 10.0. The predicted molar refractivity (Wildman–Crippen MR) is 149 cm³/mol. The Hall–Kier alpha value is -3.83. The first-order chi connectivity index (χ1) is 18.3. The van der Waals surface area contributed by atoms with E-state index >= 15 is 0 Å². The molecule has 2 heterocycles. The highest BCUT2D eigenvalue weighted by atomic mass is 32.1. The third kappa shape index (κ3) is 6.73. The van der Waals surface area contributed by atoms with Crippen molar-refractivity contribution in [2.24, 2.45) is 22.2 Å². The molecule has 2 aromatic carbocycles. The summed E-state index contributed by atoms with van der Waals surface area (Å²) in [5, 5.41) is 3.22.